The van der Waals surface area contributed by atoms with E-state index in [0.29, 0.717) is 11.3 Å². The maximum absolute atomic E-state index is 9.59. The van der Waals surface area contributed by atoms with Gasteiger partial charge < -0.3 is 9.84 Å². The van der Waals surface area contributed by atoms with Gasteiger partial charge in [-0.3, -0.25) is 4.90 Å². The summed E-state index contributed by atoms with van der Waals surface area (Å²) >= 11 is 2.06. The molecule has 0 radical (unpaired) electrons. The van der Waals surface area contributed by atoms with Gasteiger partial charge in [0.05, 0.1) is 13.2 Å². The van der Waals surface area contributed by atoms with Crippen molar-refractivity contribution >= 4 is 11.8 Å². The van der Waals surface area contributed by atoms with Crippen LogP contribution in [0.15, 0.2) is 0 Å². The van der Waals surface area contributed by atoms with Crippen molar-refractivity contribution < 1.29 is 9.84 Å². The predicted molar refractivity (Wildman–Crippen MR) is 67.9 cm³/mol. The van der Waals surface area contributed by atoms with Crippen LogP contribution in [0.5, 0.6) is 0 Å². The molecule has 3 unspecified atom stereocenters. The van der Waals surface area contributed by atoms with E-state index in [0.717, 1.165) is 32.7 Å². The highest BCUT2D eigenvalue weighted by molar-refractivity contribution is 8.00. The topological polar surface area (TPSA) is 32.7 Å². The maximum Gasteiger partial charge on any atom is 0.0557 e. The number of ether oxygens (including phenoxy) is 1. The van der Waals surface area contributed by atoms with Crippen LogP contribution in [-0.2, 0) is 4.74 Å². The Morgan fingerprint density at radius 2 is 2.31 bits per heavy atom. The first-order chi connectivity index (χ1) is 7.67. The normalized spacial score (nSPS) is 41.4. The molecule has 2 saturated heterocycles. The number of rotatable bonds is 3. The summed E-state index contributed by atoms with van der Waals surface area (Å²) in [5.74, 6) is 1.22. The summed E-state index contributed by atoms with van der Waals surface area (Å²) in [5.41, 5.74) is 0.00991. The zero-order chi connectivity index (χ0) is 11.6. The first kappa shape index (κ1) is 12.7. The van der Waals surface area contributed by atoms with E-state index in [-0.39, 0.29) is 12.0 Å². The molecule has 0 amide bonds. The number of hydrogen-bond donors (Lipinski definition) is 1. The Kier molecular flexibility index (Phi) is 4.16. The van der Waals surface area contributed by atoms with Gasteiger partial charge in [-0.05, 0) is 13.3 Å². The fraction of sp³-hybridized carbons (Fsp3) is 1.00. The number of thioether (sulfide) groups is 1. The standard InChI is InChI=1S/C12H23NO2S/c1-10-11(2)16-6-4-13(10)7-12(8-14)3-5-15-9-12/h10-11,14H,3-9H2,1-2H3. The lowest BCUT2D eigenvalue weighted by Crippen LogP contribution is -2.50. The van der Waals surface area contributed by atoms with E-state index in [4.69, 9.17) is 4.74 Å². The summed E-state index contributed by atoms with van der Waals surface area (Å²) in [7, 11) is 0. The average molecular weight is 245 g/mol. The van der Waals surface area contributed by atoms with Crippen molar-refractivity contribution in [3.63, 3.8) is 0 Å². The third-order valence-corrected chi connectivity index (χ3v) is 5.41. The lowest BCUT2D eigenvalue weighted by Gasteiger charge is -2.41. The Morgan fingerprint density at radius 1 is 1.50 bits per heavy atom. The number of nitrogens with zero attached hydrogens (tertiary/aromatic N) is 1. The van der Waals surface area contributed by atoms with Crippen LogP contribution < -0.4 is 0 Å². The van der Waals surface area contributed by atoms with Gasteiger partial charge >= 0.3 is 0 Å². The molecule has 0 bridgehead atoms. The molecule has 0 spiro atoms. The van der Waals surface area contributed by atoms with Gasteiger partial charge in [-0.1, -0.05) is 6.92 Å². The number of hydrogen-bond acceptors (Lipinski definition) is 4. The van der Waals surface area contributed by atoms with Crippen LogP contribution >= 0.6 is 11.8 Å². The van der Waals surface area contributed by atoms with E-state index in [1.165, 1.54) is 5.75 Å². The van der Waals surface area contributed by atoms with Crippen LogP contribution in [0.25, 0.3) is 0 Å². The van der Waals surface area contributed by atoms with Crippen molar-refractivity contribution in [3.8, 4) is 0 Å². The number of aliphatic hydroxyl groups excluding tert-OH is 1. The lowest BCUT2D eigenvalue weighted by atomic mass is 9.87. The Balaban J connectivity index is 1.96. The molecule has 0 aromatic heterocycles. The second-order valence-corrected chi connectivity index (χ2v) is 6.73. The van der Waals surface area contributed by atoms with Crippen molar-refractivity contribution in [1.82, 2.24) is 4.90 Å². The van der Waals surface area contributed by atoms with Crippen LogP contribution in [0, 0.1) is 5.41 Å². The minimum absolute atomic E-state index is 0.00991. The van der Waals surface area contributed by atoms with E-state index in [2.05, 4.69) is 30.5 Å². The molecule has 0 saturated carbocycles. The molecule has 16 heavy (non-hydrogen) atoms. The van der Waals surface area contributed by atoms with Gasteiger partial charge in [-0.2, -0.15) is 11.8 Å². The second kappa shape index (κ2) is 5.25. The summed E-state index contributed by atoms with van der Waals surface area (Å²) in [6, 6.07) is 0.614. The molecule has 0 aromatic rings. The van der Waals surface area contributed by atoms with Crippen molar-refractivity contribution in [2.24, 2.45) is 5.41 Å². The summed E-state index contributed by atoms with van der Waals surface area (Å²) in [4.78, 5) is 2.53. The van der Waals surface area contributed by atoms with Crippen LogP contribution in [0.3, 0.4) is 0 Å². The van der Waals surface area contributed by atoms with Gasteiger partial charge in [0, 0.05) is 42.2 Å². The third-order valence-electron chi connectivity index (χ3n) is 4.07. The molecular formula is C12H23NO2S. The average Bonchev–Trinajstić information content (AvgIpc) is 2.74. The number of aliphatic hydroxyl groups is 1. The summed E-state index contributed by atoms with van der Waals surface area (Å²) in [6.45, 7) is 8.56. The molecule has 2 aliphatic rings. The minimum atomic E-state index is 0.00991. The fourth-order valence-electron chi connectivity index (χ4n) is 2.60. The van der Waals surface area contributed by atoms with Gasteiger partial charge in [0.2, 0.25) is 0 Å². The molecule has 2 aliphatic heterocycles. The predicted octanol–water partition coefficient (Wildman–Crippen LogP) is 1.21. The zero-order valence-electron chi connectivity index (χ0n) is 10.3. The first-order valence-electron chi connectivity index (χ1n) is 6.21. The van der Waals surface area contributed by atoms with Crippen LogP contribution in [0.4, 0.5) is 0 Å². The lowest BCUT2D eigenvalue weighted by molar-refractivity contribution is 0.0450. The van der Waals surface area contributed by atoms with Crippen LogP contribution in [-0.4, -0.2) is 60.0 Å². The van der Waals surface area contributed by atoms with Crippen LogP contribution in [0.2, 0.25) is 0 Å². The van der Waals surface area contributed by atoms with E-state index in [1.807, 2.05) is 0 Å². The highest BCUT2D eigenvalue weighted by Crippen LogP contribution is 2.32. The molecular weight excluding hydrogens is 222 g/mol. The summed E-state index contributed by atoms with van der Waals surface area (Å²) in [5, 5.41) is 10.3. The summed E-state index contributed by atoms with van der Waals surface area (Å²) < 4.78 is 5.46. The fourth-order valence-corrected chi connectivity index (χ4v) is 3.76. The second-order valence-electron chi connectivity index (χ2n) is 5.25. The first-order valence-corrected chi connectivity index (χ1v) is 7.26. The Bertz CT molecular complexity index is 231. The van der Waals surface area contributed by atoms with Crippen molar-refractivity contribution in [2.45, 2.75) is 31.6 Å². The minimum Gasteiger partial charge on any atom is -0.396 e. The smallest absolute Gasteiger partial charge is 0.0557 e. The van der Waals surface area contributed by atoms with Gasteiger partial charge in [-0.15, -0.1) is 0 Å². The molecule has 94 valence electrons. The zero-order valence-corrected chi connectivity index (χ0v) is 11.1. The molecule has 2 rings (SSSR count). The molecule has 2 heterocycles. The van der Waals surface area contributed by atoms with Crippen molar-refractivity contribution in [1.29, 1.82) is 0 Å². The largest absolute Gasteiger partial charge is 0.396 e. The highest BCUT2D eigenvalue weighted by atomic mass is 32.2. The van der Waals surface area contributed by atoms with E-state index >= 15 is 0 Å². The van der Waals surface area contributed by atoms with E-state index < -0.39 is 0 Å². The van der Waals surface area contributed by atoms with E-state index in [9.17, 15) is 5.11 Å². The molecule has 0 aromatic carbocycles. The quantitative estimate of drug-likeness (QED) is 0.810. The Labute approximate surface area is 103 Å². The van der Waals surface area contributed by atoms with Crippen molar-refractivity contribution in [3.05, 3.63) is 0 Å². The molecule has 3 nitrogen and oxygen atoms in total. The molecule has 3 atom stereocenters. The van der Waals surface area contributed by atoms with E-state index in [1.54, 1.807) is 0 Å². The highest BCUT2D eigenvalue weighted by Gasteiger charge is 2.38. The SMILES string of the molecule is CC1SCCN(CC2(CO)CCOC2)C1C. The molecule has 1 N–H and O–H groups in total. The van der Waals surface area contributed by atoms with Gasteiger partial charge in [0.25, 0.3) is 0 Å². The van der Waals surface area contributed by atoms with Gasteiger partial charge in [-0.25, -0.2) is 0 Å². The third kappa shape index (κ3) is 2.55. The van der Waals surface area contributed by atoms with Crippen LogP contribution in [0.1, 0.15) is 20.3 Å². The maximum atomic E-state index is 9.59. The summed E-state index contributed by atoms with van der Waals surface area (Å²) in [6.07, 6.45) is 1.01. The molecule has 0 aliphatic carbocycles. The van der Waals surface area contributed by atoms with Crippen molar-refractivity contribution in [2.75, 3.05) is 38.7 Å². The van der Waals surface area contributed by atoms with Gasteiger partial charge in [0.15, 0.2) is 0 Å². The monoisotopic (exact) mass is 245 g/mol. The molecule has 4 heteroatoms. The molecule has 2 fully saturated rings. The van der Waals surface area contributed by atoms with Gasteiger partial charge in [0.1, 0.15) is 0 Å². The Morgan fingerprint density at radius 3 is 2.94 bits per heavy atom. The Hall–Kier alpha value is 0.230.